The molecular weight excluding hydrogens is 372 g/mol. The van der Waals surface area contributed by atoms with E-state index in [0.717, 1.165) is 0 Å². The molecule has 0 aliphatic rings. The van der Waals surface area contributed by atoms with E-state index in [2.05, 4.69) is 9.93 Å². The van der Waals surface area contributed by atoms with E-state index in [1.165, 1.54) is 12.1 Å². The molecule has 0 bridgehead atoms. The van der Waals surface area contributed by atoms with Crippen molar-refractivity contribution >= 4 is 21.7 Å². The summed E-state index contributed by atoms with van der Waals surface area (Å²) in [7, 11) is -3.82. The van der Waals surface area contributed by atoms with Crippen molar-refractivity contribution in [1.82, 2.24) is 4.83 Å². The Morgan fingerprint density at radius 2 is 1.96 bits per heavy atom. The summed E-state index contributed by atoms with van der Waals surface area (Å²) in [4.78, 5) is 12.9. The van der Waals surface area contributed by atoms with Crippen molar-refractivity contribution in [2.24, 2.45) is 5.10 Å². The van der Waals surface area contributed by atoms with Gasteiger partial charge in [0, 0.05) is 12.0 Å². The van der Waals surface area contributed by atoms with Crippen LogP contribution in [0.15, 0.2) is 44.7 Å². The zero-order chi connectivity index (χ0) is 20.0. The quantitative estimate of drug-likeness (QED) is 0.499. The molecule has 9 heteroatoms. The number of carboxylic acid groups (broad SMARTS) is 1. The smallest absolute Gasteiger partial charge is 0.303 e. The van der Waals surface area contributed by atoms with Crippen molar-refractivity contribution in [3.05, 3.63) is 47.4 Å². The Bertz CT molecular complexity index is 929. The lowest BCUT2D eigenvalue weighted by molar-refractivity contribution is -0.137. The average Bonchev–Trinajstić information content (AvgIpc) is 3.00. The number of benzene rings is 1. The Hall–Kier alpha value is -2.81. The highest BCUT2D eigenvalue weighted by Gasteiger charge is 2.15. The van der Waals surface area contributed by atoms with Gasteiger partial charge in [-0.1, -0.05) is 0 Å². The van der Waals surface area contributed by atoms with Gasteiger partial charge in [0.05, 0.1) is 23.6 Å². The predicted molar refractivity (Wildman–Crippen MR) is 99.5 cm³/mol. The second-order valence-corrected chi connectivity index (χ2v) is 7.43. The van der Waals surface area contributed by atoms with Gasteiger partial charge in [-0.3, -0.25) is 4.79 Å². The Morgan fingerprint density at radius 3 is 2.56 bits per heavy atom. The van der Waals surface area contributed by atoms with Crippen LogP contribution in [0.4, 0.5) is 0 Å². The van der Waals surface area contributed by atoms with Gasteiger partial charge in [0.2, 0.25) is 0 Å². The van der Waals surface area contributed by atoms with Crippen LogP contribution >= 0.6 is 0 Å². The van der Waals surface area contributed by atoms with Crippen molar-refractivity contribution in [1.29, 1.82) is 0 Å². The molecular formula is C18H22N2O6S. The Labute approximate surface area is 157 Å². The van der Waals surface area contributed by atoms with E-state index in [9.17, 15) is 13.2 Å². The first kappa shape index (κ1) is 20.5. The highest BCUT2D eigenvalue weighted by Crippen LogP contribution is 2.18. The molecule has 0 unspecified atom stereocenters. The van der Waals surface area contributed by atoms with E-state index in [0.29, 0.717) is 35.2 Å². The van der Waals surface area contributed by atoms with Gasteiger partial charge in [-0.2, -0.15) is 18.4 Å². The second-order valence-electron chi connectivity index (χ2n) is 5.77. The van der Waals surface area contributed by atoms with Crippen LogP contribution in [0, 0.1) is 6.92 Å². The third-order valence-corrected chi connectivity index (χ3v) is 4.95. The van der Waals surface area contributed by atoms with E-state index >= 15 is 0 Å². The van der Waals surface area contributed by atoms with Crippen molar-refractivity contribution in [3.63, 3.8) is 0 Å². The first-order chi connectivity index (χ1) is 12.7. The lowest BCUT2D eigenvalue weighted by Crippen LogP contribution is -2.20. The molecule has 0 saturated heterocycles. The number of rotatable bonds is 9. The van der Waals surface area contributed by atoms with E-state index in [4.69, 9.17) is 14.3 Å². The number of aliphatic carboxylic acids is 1. The molecule has 2 N–H and O–H groups in total. The Kier molecular flexibility index (Phi) is 6.62. The first-order valence-corrected chi connectivity index (χ1v) is 9.81. The minimum absolute atomic E-state index is 0.0487. The highest BCUT2D eigenvalue weighted by atomic mass is 32.2. The van der Waals surface area contributed by atoms with Gasteiger partial charge in [-0.25, -0.2) is 0 Å². The molecule has 2 aromatic rings. The van der Waals surface area contributed by atoms with Crippen molar-refractivity contribution in [2.75, 3.05) is 6.61 Å². The zero-order valence-electron chi connectivity index (χ0n) is 15.4. The number of hydrogen-bond acceptors (Lipinski definition) is 6. The summed E-state index contributed by atoms with van der Waals surface area (Å²) in [5.74, 6) is 0.712. The third kappa shape index (κ3) is 5.58. The first-order valence-electron chi connectivity index (χ1n) is 8.33. The SMILES string of the molecule is CCOc1ccc(S(=O)(=O)N/N=C(/C)c2cc(CCC(=O)O)oc2C)cc1. The molecule has 1 aromatic heterocycles. The van der Waals surface area contributed by atoms with Gasteiger partial charge in [0.15, 0.2) is 0 Å². The van der Waals surface area contributed by atoms with Crippen LogP contribution in [-0.2, 0) is 21.2 Å². The third-order valence-electron chi connectivity index (χ3n) is 3.72. The van der Waals surface area contributed by atoms with E-state index < -0.39 is 16.0 Å². The minimum atomic E-state index is -3.82. The maximum Gasteiger partial charge on any atom is 0.303 e. The topological polar surface area (TPSA) is 118 Å². The Morgan fingerprint density at radius 1 is 1.30 bits per heavy atom. The number of carbonyl (C=O) groups is 1. The molecule has 2 rings (SSSR count). The lowest BCUT2D eigenvalue weighted by atomic mass is 10.1. The van der Waals surface area contributed by atoms with Gasteiger partial charge in [-0.05, 0) is 51.1 Å². The molecule has 0 fully saturated rings. The van der Waals surface area contributed by atoms with Crippen LogP contribution in [0.5, 0.6) is 5.75 Å². The number of ether oxygens (including phenoxy) is 1. The van der Waals surface area contributed by atoms with Crippen molar-refractivity contribution < 1.29 is 27.5 Å². The number of hydrazone groups is 1. The molecule has 0 atom stereocenters. The molecule has 8 nitrogen and oxygen atoms in total. The van der Waals surface area contributed by atoms with Crippen LogP contribution < -0.4 is 9.57 Å². The van der Waals surface area contributed by atoms with Crippen LogP contribution in [0.25, 0.3) is 0 Å². The zero-order valence-corrected chi connectivity index (χ0v) is 16.2. The van der Waals surface area contributed by atoms with Gasteiger partial charge in [0.25, 0.3) is 10.0 Å². The van der Waals surface area contributed by atoms with Crippen LogP contribution in [0.1, 0.15) is 37.4 Å². The molecule has 0 saturated carbocycles. The predicted octanol–water partition coefficient (Wildman–Crippen LogP) is 2.71. The van der Waals surface area contributed by atoms with Gasteiger partial charge in [-0.15, -0.1) is 0 Å². The number of aryl methyl sites for hydroxylation is 2. The monoisotopic (exact) mass is 394 g/mol. The summed E-state index contributed by atoms with van der Waals surface area (Å²) in [5, 5.41) is 12.7. The molecule has 0 radical (unpaired) electrons. The van der Waals surface area contributed by atoms with Gasteiger partial charge < -0.3 is 14.3 Å². The van der Waals surface area contributed by atoms with Crippen LogP contribution in [0.3, 0.4) is 0 Å². The molecule has 0 aliphatic heterocycles. The fraction of sp³-hybridized carbons (Fsp3) is 0.333. The summed E-state index contributed by atoms with van der Waals surface area (Å²) in [5.41, 5.74) is 1.03. The standard InChI is InChI=1S/C18H22N2O6S/c1-4-25-14-5-8-16(9-6-14)27(23,24)20-19-12(2)17-11-15(26-13(17)3)7-10-18(21)22/h5-6,8-9,11,20H,4,7,10H2,1-3H3,(H,21,22)/b19-12-. The fourth-order valence-corrected chi connectivity index (χ4v) is 3.24. The summed E-state index contributed by atoms with van der Waals surface area (Å²) >= 11 is 0. The second kappa shape index (κ2) is 8.72. The van der Waals surface area contributed by atoms with Crippen LogP contribution in [-0.4, -0.2) is 31.8 Å². The normalized spacial score (nSPS) is 12.0. The fourth-order valence-electron chi connectivity index (χ4n) is 2.38. The molecule has 1 heterocycles. The number of sulfonamides is 1. The molecule has 0 spiro atoms. The molecule has 0 amide bonds. The number of furan rings is 1. The summed E-state index contributed by atoms with van der Waals surface area (Å²) in [6.45, 7) is 5.68. The average molecular weight is 394 g/mol. The molecule has 146 valence electrons. The molecule has 27 heavy (non-hydrogen) atoms. The summed E-state index contributed by atoms with van der Waals surface area (Å²) in [6.07, 6.45) is 0.203. The van der Waals surface area contributed by atoms with E-state index in [-0.39, 0.29) is 17.7 Å². The van der Waals surface area contributed by atoms with Crippen molar-refractivity contribution in [3.8, 4) is 5.75 Å². The van der Waals surface area contributed by atoms with Crippen molar-refractivity contribution in [2.45, 2.75) is 38.5 Å². The highest BCUT2D eigenvalue weighted by molar-refractivity contribution is 7.89. The number of nitrogens with one attached hydrogen (secondary N) is 1. The van der Waals surface area contributed by atoms with E-state index in [1.807, 2.05) is 6.92 Å². The maximum absolute atomic E-state index is 12.4. The summed E-state index contributed by atoms with van der Waals surface area (Å²) < 4.78 is 35.5. The molecule has 0 aliphatic carbocycles. The lowest BCUT2D eigenvalue weighted by Gasteiger charge is -2.06. The molecule has 1 aromatic carbocycles. The number of hydrogen-bond donors (Lipinski definition) is 2. The maximum atomic E-state index is 12.4. The largest absolute Gasteiger partial charge is 0.494 e. The number of carboxylic acids is 1. The van der Waals surface area contributed by atoms with Crippen LogP contribution in [0.2, 0.25) is 0 Å². The van der Waals surface area contributed by atoms with Gasteiger partial charge >= 0.3 is 5.97 Å². The number of nitrogens with zero attached hydrogens (tertiary/aromatic N) is 1. The minimum Gasteiger partial charge on any atom is -0.494 e. The van der Waals surface area contributed by atoms with Gasteiger partial charge in [0.1, 0.15) is 17.3 Å². The Balaban J connectivity index is 2.12. The summed E-state index contributed by atoms with van der Waals surface area (Å²) in [6, 6.07) is 7.69. The van der Waals surface area contributed by atoms with E-state index in [1.54, 1.807) is 32.0 Å².